The van der Waals surface area contributed by atoms with Crippen LogP contribution in [0.4, 0.5) is 0 Å². The number of esters is 1. The molecule has 1 aliphatic heterocycles. The summed E-state index contributed by atoms with van der Waals surface area (Å²) in [5, 5.41) is 3.22. The molecule has 1 aliphatic rings. The van der Waals surface area contributed by atoms with E-state index in [-0.39, 0.29) is 18.1 Å². The lowest BCUT2D eigenvalue weighted by atomic mass is 9.94. The average molecular weight is 235 g/mol. The smallest absolute Gasteiger partial charge is 0.308 e. The summed E-state index contributed by atoms with van der Waals surface area (Å²) in [5.74, 6) is 0.289. The lowest BCUT2D eigenvalue weighted by molar-refractivity contribution is -0.131. The van der Waals surface area contributed by atoms with Crippen LogP contribution in [0.15, 0.2) is 18.2 Å². The first-order chi connectivity index (χ1) is 8.11. The summed E-state index contributed by atoms with van der Waals surface area (Å²) in [6.45, 7) is 4.04. The summed E-state index contributed by atoms with van der Waals surface area (Å²) in [6.07, 6.45) is 0.111. The number of hydrogen-bond donors (Lipinski definition) is 1. The molecule has 4 heteroatoms. The topological polar surface area (TPSA) is 47.6 Å². The van der Waals surface area contributed by atoms with Crippen molar-refractivity contribution in [2.24, 2.45) is 0 Å². The van der Waals surface area contributed by atoms with Crippen LogP contribution >= 0.6 is 0 Å². The van der Waals surface area contributed by atoms with Crippen molar-refractivity contribution in [1.82, 2.24) is 5.32 Å². The minimum absolute atomic E-state index is 0.111. The number of ether oxygens (including phenoxy) is 2. The molecular formula is C13H17NO3. The number of fused-ring (bicyclic) bond motifs is 1. The Labute approximate surface area is 101 Å². The Morgan fingerprint density at radius 1 is 1.53 bits per heavy atom. The Morgan fingerprint density at radius 3 is 2.94 bits per heavy atom. The van der Waals surface area contributed by atoms with E-state index in [9.17, 15) is 4.79 Å². The molecule has 0 aromatic heterocycles. The predicted molar refractivity (Wildman–Crippen MR) is 63.8 cm³/mol. The number of likely N-dealkylation sites (N-methyl/N-ethyl adjacent to an activating group) is 1. The van der Waals surface area contributed by atoms with Gasteiger partial charge in [0.05, 0.1) is 18.8 Å². The third-order valence-electron chi connectivity index (χ3n) is 3.00. The van der Waals surface area contributed by atoms with Crippen LogP contribution in [-0.4, -0.2) is 19.1 Å². The fraction of sp³-hybridized carbons (Fsp3) is 0.462. The Hall–Kier alpha value is -1.39. The van der Waals surface area contributed by atoms with Crippen molar-refractivity contribution in [3.8, 4) is 5.75 Å². The van der Waals surface area contributed by atoms with E-state index in [0.717, 1.165) is 11.1 Å². The minimum atomic E-state index is -0.300. The molecule has 2 atom stereocenters. The number of hydrogen-bond acceptors (Lipinski definition) is 4. The van der Waals surface area contributed by atoms with Gasteiger partial charge >= 0.3 is 5.97 Å². The molecule has 17 heavy (non-hydrogen) atoms. The maximum Gasteiger partial charge on any atom is 0.308 e. The first-order valence-corrected chi connectivity index (χ1v) is 5.72. The number of carbonyl (C=O) groups is 1. The summed E-state index contributed by atoms with van der Waals surface area (Å²) in [7, 11) is 1.90. The SMILES string of the molecule is CNC1c2cc(OC(C)=O)ccc2CO[C@H]1C. The largest absolute Gasteiger partial charge is 0.427 e. The second-order valence-corrected chi connectivity index (χ2v) is 4.24. The van der Waals surface area contributed by atoms with Gasteiger partial charge < -0.3 is 14.8 Å². The van der Waals surface area contributed by atoms with Gasteiger partial charge in [-0.1, -0.05) is 6.07 Å². The molecule has 1 N–H and O–H groups in total. The van der Waals surface area contributed by atoms with Crippen LogP contribution in [0, 0.1) is 0 Å². The van der Waals surface area contributed by atoms with Gasteiger partial charge in [0.15, 0.2) is 0 Å². The second kappa shape index (κ2) is 4.85. The zero-order chi connectivity index (χ0) is 12.4. The molecule has 0 saturated carbocycles. The van der Waals surface area contributed by atoms with Gasteiger partial charge in [-0.15, -0.1) is 0 Å². The fourth-order valence-electron chi connectivity index (χ4n) is 2.18. The zero-order valence-electron chi connectivity index (χ0n) is 10.3. The second-order valence-electron chi connectivity index (χ2n) is 4.24. The van der Waals surface area contributed by atoms with Crippen molar-refractivity contribution in [3.63, 3.8) is 0 Å². The van der Waals surface area contributed by atoms with Crippen molar-refractivity contribution < 1.29 is 14.3 Å². The molecule has 1 heterocycles. The molecule has 0 saturated heterocycles. The Bertz CT molecular complexity index is 431. The van der Waals surface area contributed by atoms with E-state index in [0.29, 0.717) is 12.4 Å². The quantitative estimate of drug-likeness (QED) is 0.627. The van der Waals surface area contributed by atoms with Crippen LogP contribution in [0.25, 0.3) is 0 Å². The van der Waals surface area contributed by atoms with Gasteiger partial charge in [-0.3, -0.25) is 4.79 Å². The Morgan fingerprint density at radius 2 is 2.29 bits per heavy atom. The lowest BCUT2D eigenvalue weighted by Crippen LogP contribution is -2.33. The normalized spacial score (nSPS) is 23.0. The van der Waals surface area contributed by atoms with E-state index in [1.807, 2.05) is 26.1 Å². The summed E-state index contributed by atoms with van der Waals surface area (Å²) >= 11 is 0. The average Bonchev–Trinajstić information content (AvgIpc) is 2.28. The Balaban J connectivity index is 2.34. The number of benzene rings is 1. The predicted octanol–water partition coefficient (Wildman–Crippen LogP) is 1.79. The van der Waals surface area contributed by atoms with Gasteiger partial charge in [0.25, 0.3) is 0 Å². The number of rotatable bonds is 2. The lowest BCUT2D eigenvalue weighted by Gasteiger charge is -2.31. The van der Waals surface area contributed by atoms with Crippen LogP contribution in [0.2, 0.25) is 0 Å². The first kappa shape index (κ1) is 12.1. The van der Waals surface area contributed by atoms with Gasteiger partial charge in [-0.05, 0) is 37.2 Å². The molecule has 1 aromatic carbocycles. The van der Waals surface area contributed by atoms with Gasteiger partial charge in [0, 0.05) is 6.92 Å². The maximum atomic E-state index is 10.9. The third-order valence-corrected chi connectivity index (χ3v) is 3.00. The van der Waals surface area contributed by atoms with E-state index in [2.05, 4.69) is 5.32 Å². The van der Waals surface area contributed by atoms with E-state index in [1.54, 1.807) is 6.07 Å². The van der Waals surface area contributed by atoms with E-state index < -0.39 is 0 Å². The minimum Gasteiger partial charge on any atom is -0.427 e. The fourth-order valence-corrected chi connectivity index (χ4v) is 2.18. The summed E-state index contributed by atoms with van der Waals surface area (Å²) in [5.41, 5.74) is 2.28. The van der Waals surface area contributed by atoms with E-state index in [1.165, 1.54) is 6.92 Å². The van der Waals surface area contributed by atoms with E-state index >= 15 is 0 Å². The van der Waals surface area contributed by atoms with Gasteiger partial charge in [-0.25, -0.2) is 0 Å². The molecule has 0 fully saturated rings. The molecule has 0 spiro atoms. The molecule has 2 rings (SSSR count). The van der Waals surface area contributed by atoms with Crippen molar-refractivity contribution in [3.05, 3.63) is 29.3 Å². The van der Waals surface area contributed by atoms with Crippen LogP contribution < -0.4 is 10.1 Å². The highest BCUT2D eigenvalue weighted by molar-refractivity contribution is 5.69. The van der Waals surface area contributed by atoms with Gasteiger partial charge in [0.2, 0.25) is 0 Å². The van der Waals surface area contributed by atoms with Crippen molar-refractivity contribution >= 4 is 5.97 Å². The number of carbonyl (C=O) groups excluding carboxylic acids is 1. The zero-order valence-corrected chi connectivity index (χ0v) is 10.3. The van der Waals surface area contributed by atoms with Crippen LogP contribution in [0.3, 0.4) is 0 Å². The molecule has 0 bridgehead atoms. The van der Waals surface area contributed by atoms with Crippen LogP contribution in [0.1, 0.15) is 31.0 Å². The monoisotopic (exact) mass is 235 g/mol. The third kappa shape index (κ3) is 2.48. The van der Waals surface area contributed by atoms with Crippen LogP contribution in [-0.2, 0) is 16.1 Å². The van der Waals surface area contributed by atoms with Crippen molar-refractivity contribution in [2.75, 3.05) is 7.05 Å². The summed E-state index contributed by atoms with van der Waals surface area (Å²) < 4.78 is 10.8. The molecule has 0 radical (unpaired) electrons. The molecule has 0 aliphatic carbocycles. The van der Waals surface area contributed by atoms with Crippen LogP contribution in [0.5, 0.6) is 5.75 Å². The standard InChI is InChI=1S/C13H17NO3/c1-8-13(14-3)12-6-11(17-9(2)15)5-4-10(12)7-16-8/h4-6,8,13-14H,7H2,1-3H3/t8-,13?/m0/s1. The highest BCUT2D eigenvalue weighted by Gasteiger charge is 2.26. The Kier molecular flexibility index (Phi) is 3.45. The maximum absolute atomic E-state index is 10.9. The van der Waals surface area contributed by atoms with Gasteiger partial charge in [-0.2, -0.15) is 0 Å². The highest BCUT2D eigenvalue weighted by atomic mass is 16.5. The highest BCUT2D eigenvalue weighted by Crippen LogP contribution is 2.31. The molecular weight excluding hydrogens is 218 g/mol. The molecule has 1 unspecified atom stereocenters. The molecule has 92 valence electrons. The van der Waals surface area contributed by atoms with Crippen molar-refractivity contribution in [1.29, 1.82) is 0 Å². The number of nitrogens with one attached hydrogen (secondary N) is 1. The summed E-state index contributed by atoms with van der Waals surface area (Å²) in [4.78, 5) is 10.9. The van der Waals surface area contributed by atoms with Gasteiger partial charge in [0.1, 0.15) is 5.75 Å². The molecule has 1 aromatic rings. The molecule has 4 nitrogen and oxygen atoms in total. The summed E-state index contributed by atoms with van der Waals surface area (Å²) in [6, 6.07) is 5.79. The van der Waals surface area contributed by atoms with E-state index in [4.69, 9.17) is 9.47 Å². The molecule has 0 amide bonds. The first-order valence-electron chi connectivity index (χ1n) is 5.72. The van der Waals surface area contributed by atoms with Crippen molar-refractivity contribution in [2.45, 2.75) is 32.6 Å².